The van der Waals surface area contributed by atoms with Crippen molar-refractivity contribution in [1.82, 2.24) is 9.97 Å². The summed E-state index contributed by atoms with van der Waals surface area (Å²) in [5, 5.41) is 11.4. The lowest BCUT2D eigenvalue weighted by Gasteiger charge is -2.02. The quantitative estimate of drug-likeness (QED) is 0.499. The first kappa shape index (κ1) is 15.3. The van der Waals surface area contributed by atoms with Gasteiger partial charge in [0.1, 0.15) is 17.7 Å². The van der Waals surface area contributed by atoms with Gasteiger partial charge in [0.05, 0.1) is 16.6 Å². The average Bonchev–Trinajstić information content (AvgIpc) is 3.30. The molecule has 5 heteroatoms. The van der Waals surface area contributed by atoms with E-state index < -0.39 is 0 Å². The van der Waals surface area contributed by atoms with E-state index in [1.165, 1.54) is 12.1 Å². The van der Waals surface area contributed by atoms with Gasteiger partial charge in [-0.05, 0) is 41.3 Å². The summed E-state index contributed by atoms with van der Waals surface area (Å²) in [5.41, 5.74) is 3.09. The fraction of sp³-hybridized carbons (Fsp3) is 0. The summed E-state index contributed by atoms with van der Waals surface area (Å²) in [6, 6.07) is 18.5. The Balaban J connectivity index is 1.74. The standard InChI is InChI=1S/C20H12FN3S/c21-16-11-14(19-6-3-9-25-19)8-7-13(16)10-15(12-22)20-23-17-4-1-2-5-18(17)24-20/h1-11H,(H,23,24)/b15-10+. The van der Waals surface area contributed by atoms with E-state index in [1.54, 1.807) is 17.4 Å². The predicted octanol–water partition coefficient (Wildman–Crippen LogP) is 5.49. The Labute approximate surface area is 147 Å². The molecule has 0 saturated carbocycles. The van der Waals surface area contributed by atoms with Gasteiger partial charge in [-0.3, -0.25) is 0 Å². The van der Waals surface area contributed by atoms with Crippen molar-refractivity contribution in [2.45, 2.75) is 0 Å². The molecule has 0 amide bonds. The molecule has 0 aliphatic heterocycles. The van der Waals surface area contributed by atoms with Crippen LogP contribution in [0.5, 0.6) is 0 Å². The number of thiophene rings is 1. The zero-order chi connectivity index (χ0) is 17.2. The van der Waals surface area contributed by atoms with Crippen molar-refractivity contribution in [2.75, 3.05) is 0 Å². The fourth-order valence-corrected chi connectivity index (χ4v) is 3.35. The van der Waals surface area contributed by atoms with E-state index >= 15 is 0 Å². The second kappa shape index (κ2) is 6.34. The topological polar surface area (TPSA) is 52.5 Å². The van der Waals surface area contributed by atoms with Crippen LogP contribution in [0.3, 0.4) is 0 Å². The molecule has 0 atom stereocenters. The number of nitrogens with zero attached hydrogens (tertiary/aromatic N) is 2. The minimum Gasteiger partial charge on any atom is -0.337 e. The van der Waals surface area contributed by atoms with Crippen molar-refractivity contribution >= 4 is 34.0 Å². The Bertz CT molecular complexity index is 1080. The zero-order valence-electron chi connectivity index (χ0n) is 13.0. The first-order valence-electron chi connectivity index (χ1n) is 7.65. The number of nitrogens with one attached hydrogen (secondary N) is 1. The Hall–Kier alpha value is -3.23. The highest BCUT2D eigenvalue weighted by molar-refractivity contribution is 7.13. The van der Waals surface area contributed by atoms with Crippen molar-refractivity contribution in [3.05, 3.63) is 77.2 Å². The summed E-state index contributed by atoms with van der Waals surface area (Å²) in [7, 11) is 0. The Morgan fingerprint density at radius 3 is 2.76 bits per heavy atom. The molecule has 25 heavy (non-hydrogen) atoms. The van der Waals surface area contributed by atoms with Gasteiger partial charge in [-0.25, -0.2) is 9.37 Å². The summed E-state index contributed by atoms with van der Waals surface area (Å²) >= 11 is 1.56. The predicted molar refractivity (Wildman–Crippen MR) is 99.3 cm³/mol. The van der Waals surface area contributed by atoms with Crippen LogP contribution in [0, 0.1) is 17.1 Å². The fourth-order valence-electron chi connectivity index (χ4n) is 2.63. The van der Waals surface area contributed by atoms with Gasteiger partial charge in [0, 0.05) is 10.4 Å². The molecule has 0 fully saturated rings. The minimum atomic E-state index is -0.366. The maximum absolute atomic E-state index is 14.5. The first-order valence-corrected chi connectivity index (χ1v) is 8.53. The SMILES string of the molecule is N#C/C(=C\c1ccc(-c2cccs2)cc1F)c1nc2ccccc2[nH]1. The second-order valence-corrected chi connectivity index (χ2v) is 6.43. The van der Waals surface area contributed by atoms with Crippen molar-refractivity contribution in [3.63, 3.8) is 0 Å². The maximum Gasteiger partial charge on any atom is 0.149 e. The summed E-state index contributed by atoms with van der Waals surface area (Å²) in [6.45, 7) is 0. The summed E-state index contributed by atoms with van der Waals surface area (Å²) < 4.78 is 14.5. The lowest BCUT2D eigenvalue weighted by molar-refractivity contribution is 0.625. The van der Waals surface area contributed by atoms with Crippen LogP contribution in [0.4, 0.5) is 4.39 Å². The van der Waals surface area contributed by atoms with Crippen LogP contribution in [-0.4, -0.2) is 9.97 Å². The number of hydrogen-bond donors (Lipinski definition) is 1. The van der Waals surface area contributed by atoms with Gasteiger partial charge in [0.15, 0.2) is 0 Å². The zero-order valence-corrected chi connectivity index (χ0v) is 13.8. The van der Waals surface area contributed by atoms with Crippen LogP contribution in [0.15, 0.2) is 60.0 Å². The van der Waals surface area contributed by atoms with Gasteiger partial charge in [0.25, 0.3) is 0 Å². The lowest BCUT2D eigenvalue weighted by atomic mass is 10.1. The van der Waals surface area contributed by atoms with Crippen LogP contribution < -0.4 is 0 Å². The van der Waals surface area contributed by atoms with Crippen LogP contribution >= 0.6 is 11.3 Å². The average molecular weight is 345 g/mol. The summed E-state index contributed by atoms with van der Waals surface area (Å²) in [4.78, 5) is 8.50. The number of H-pyrrole nitrogens is 1. The number of para-hydroxylation sites is 2. The summed E-state index contributed by atoms with van der Waals surface area (Å²) in [6.07, 6.45) is 1.52. The van der Waals surface area contributed by atoms with Gasteiger partial charge in [-0.2, -0.15) is 5.26 Å². The number of imidazole rings is 1. The number of halogens is 1. The number of hydrogen-bond acceptors (Lipinski definition) is 3. The largest absolute Gasteiger partial charge is 0.337 e. The van der Waals surface area contributed by atoms with Crippen LogP contribution in [0.1, 0.15) is 11.4 Å². The third kappa shape index (κ3) is 2.95. The van der Waals surface area contributed by atoms with E-state index in [9.17, 15) is 9.65 Å². The highest BCUT2D eigenvalue weighted by Gasteiger charge is 2.10. The number of fused-ring (bicyclic) bond motifs is 1. The lowest BCUT2D eigenvalue weighted by Crippen LogP contribution is -1.88. The van der Waals surface area contributed by atoms with Crippen LogP contribution in [0.25, 0.3) is 33.1 Å². The van der Waals surface area contributed by atoms with Gasteiger partial charge in [-0.1, -0.05) is 30.3 Å². The molecular formula is C20H12FN3S. The Kier molecular flexibility index (Phi) is 3.88. The Morgan fingerprint density at radius 1 is 1.16 bits per heavy atom. The molecule has 0 aliphatic rings. The molecule has 4 aromatic rings. The molecule has 0 bridgehead atoms. The van der Waals surface area contributed by atoms with E-state index in [4.69, 9.17) is 0 Å². The smallest absolute Gasteiger partial charge is 0.149 e. The van der Waals surface area contributed by atoms with Crippen molar-refractivity contribution in [1.29, 1.82) is 5.26 Å². The highest BCUT2D eigenvalue weighted by Crippen LogP contribution is 2.27. The monoisotopic (exact) mass is 345 g/mol. The van der Waals surface area contributed by atoms with E-state index in [0.717, 1.165) is 21.5 Å². The van der Waals surface area contributed by atoms with E-state index in [0.29, 0.717) is 17.0 Å². The number of benzene rings is 2. The number of rotatable bonds is 3. The molecule has 0 aliphatic carbocycles. The van der Waals surface area contributed by atoms with Crippen LogP contribution in [-0.2, 0) is 0 Å². The molecule has 3 nitrogen and oxygen atoms in total. The number of nitriles is 1. The molecule has 120 valence electrons. The molecule has 0 unspecified atom stereocenters. The van der Waals surface area contributed by atoms with Gasteiger partial charge >= 0.3 is 0 Å². The molecule has 2 aromatic heterocycles. The van der Waals surface area contributed by atoms with E-state index in [1.807, 2.05) is 47.8 Å². The number of aromatic nitrogens is 2. The minimum absolute atomic E-state index is 0.291. The molecule has 0 spiro atoms. The maximum atomic E-state index is 14.5. The number of allylic oxidation sites excluding steroid dienone is 1. The third-order valence-corrected chi connectivity index (χ3v) is 4.79. The van der Waals surface area contributed by atoms with E-state index in [-0.39, 0.29) is 5.82 Å². The molecule has 0 saturated heterocycles. The van der Waals surface area contributed by atoms with Crippen molar-refractivity contribution in [3.8, 4) is 16.5 Å². The van der Waals surface area contributed by atoms with Gasteiger partial charge in [0.2, 0.25) is 0 Å². The van der Waals surface area contributed by atoms with Gasteiger partial charge in [-0.15, -0.1) is 11.3 Å². The van der Waals surface area contributed by atoms with E-state index in [2.05, 4.69) is 16.0 Å². The van der Waals surface area contributed by atoms with Crippen molar-refractivity contribution in [2.24, 2.45) is 0 Å². The second-order valence-electron chi connectivity index (χ2n) is 5.49. The molecule has 2 heterocycles. The molecule has 4 rings (SSSR count). The third-order valence-electron chi connectivity index (χ3n) is 3.87. The Morgan fingerprint density at radius 2 is 2.04 bits per heavy atom. The van der Waals surface area contributed by atoms with Crippen LogP contribution in [0.2, 0.25) is 0 Å². The number of aromatic amines is 1. The molecule has 0 radical (unpaired) electrons. The first-order chi connectivity index (χ1) is 12.2. The molecule has 1 N–H and O–H groups in total. The summed E-state index contributed by atoms with van der Waals surface area (Å²) in [5.74, 6) is 0.0696. The molecule has 2 aromatic carbocycles. The van der Waals surface area contributed by atoms with Gasteiger partial charge < -0.3 is 4.98 Å². The van der Waals surface area contributed by atoms with Crippen molar-refractivity contribution < 1.29 is 4.39 Å². The molecular weight excluding hydrogens is 333 g/mol. The normalized spacial score (nSPS) is 11.6. The highest BCUT2D eigenvalue weighted by atomic mass is 32.1.